The zero-order valence-corrected chi connectivity index (χ0v) is 13.3. The molecule has 0 aliphatic heterocycles. The van der Waals surface area contributed by atoms with Gasteiger partial charge in [0.2, 0.25) is 0 Å². The fourth-order valence-electron chi connectivity index (χ4n) is 3.14. The quantitative estimate of drug-likeness (QED) is 0.530. The van der Waals surface area contributed by atoms with Crippen LogP contribution in [0.4, 0.5) is 0 Å². The van der Waals surface area contributed by atoms with E-state index in [1.807, 2.05) is 72.8 Å². The van der Waals surface area contributed by atoms with Gasteiger partial charge in [0.05, 0.1) is 7.11 Å². The van der Waals surface area contributed by atoms with Crippen LogP contribution in [0.3, 0.4) is 0 Å². The molecule has 0 spiro atoms. The van der Waals surface area contributed by atoms with E-state index in [9.17, 15) is 4.79 Å². The summed E-state index contributed by atoms with van der Waals surface area (Å²) in [4.78, 5) is 12.7. The van der Waals surface area contributed by atoms with Crippen molar-refractivity contribution in [3.05, 3.63) is 101 Å². The number of hydrogen-bond acceptors (Lipinski definition) is 2. The van der Waals surface area contributed by atoms with Crippen LogP contribution >= 0.6 is 0 Å². The van der Waals surface area contributed by atoms with Crippen LogP contribution in [0, 0.1) is 0 Å². The number of methoxy groups -OCH3 is 1. The van der Waals surface area contributed by atoms with Crippen LogP contribution in [-0.4, -0.2) is 12.9 Å². The number of rotatable bonds is 2. The van der Waals surface area contributed by atoms with Crippen LogP contribution in [0.15, 0.2) is 72.8 Å². The van der Waals surface area contributed by atoms with E-state index in [0.29, 0.717) is 0 Å². The predicted molar refractivity (Wildman–Crippen MR) is 96.3 cm³/mol. The SMILES string of the molecule is COc1ccc(C=C2c3ccccc3C(=O)c3ccccc32)cc1. The minimum Gasteiger partial charge on any atom is -0.497 e. The van der Waals surface area contributed by atoms with Crippen LogP contribution in [0.25, 0.3) is 11.6 Å². The Morgan fingerprint density at radius 1 is 0.708 bits per heavy atom. The van der Waals surface area contributed by atoms with Crippen molar-refractivity contribution >= 4 is 17.4 Å². The van der Waals surface area contributed by atoms with Crippen molar-refractivity contribution in [3.8, 4) is 5.75 Å². The fraction of sp³-hybridized carbons (Fsp3) is 0.0455. The molecule has 0 saturated carbocycles. The molecule has 1 aliphatic rings. The molecule has 3 aromatic rings. The molecule has 0 unspecified atom stereocenters. The van der Waals surface area contributed by atoms with E-state index in [2.05, 4.69) is 6.08 Å². The molecule has 2 heteroatoms. The molecule has 2 nitrogen and oxygen atoms in total. The summed E-state index contributed by atoms with van der Waals surface area (Å²) in [6, 6.07) is 23.5. The van der Waals surface area contributed by atoms with Crippen LogP contribution in [-0.2, 0) is 0 Å². The highest BCUT2D eigenvalue weighted by Crippen LogP contribution is 2.37. The Hall–Kier alpha value is -3.13. The first-order valence-electron chi connectivity index (χ1n) is 7.87. The Morgan fingerprint density at radius 3 is 1.71 bits per heavy atom. The third-order valence-corrected chi connectivity index (χ3v) is 4.35. The van der Waals surface area contributed by atoms with Crippen molar-refractivity contribution in [2.45, 2.75) is 0 Å². The molecular formula is C22H16O2. The Labute approximate surface area is 141 Å². The summed E-state index contributed by atoms with van der Waals surface area (Å²) in [7, 11) is 1.66. The van der Waals surface area contributed by atoms with E-state index < -0.39 is 0 Å². The molecular weight excluding hydrogens is 296 g/mol. The topological polar surface area (TPSA) is 26.3 Å². The van der Waals surface area contributed by atoms with Crippen LogP contribution < -0.4 is 4.74 Å². The first-order valence-corrected chi connectivity index (χ1v) is 7.87. The van der Waals surface area contributed by atoms with Gasteiger partial charge in [-0.05, 0) is 40.5 Å². The van der Waals surface area contributed by atoms with Crippen LogP contribution in [0.5, 0.6) is 5.75 Å². The van der Waals surface area contributed by atoms with Crippen LogP contribution in [0.1, 0.15) is 32.6 Å². The second kappa shape index (κ2) is 5.82. The standard InChI is InChI=1S/C22H16O2/c1-24-16-12-10-15(11-13-16)14-21-17-6-2-4-8-19(17)22(23)20-9-5-3-7-18(20)21/h2-14H,1H3. The normalized spacial score (nSPS) is 12.4. The van der Waals surface area contributed by atoms with E-state index in [4.69, 9.17) is 4.74 Å². The molecule has 0 aromatic heterocycles. The minimum atomic E-state index is 0.0908. The lowest BCUT2D eigenvalue weighted by atomic mass is 9.81. The molecule has 0 saturated heterocycles. The maximum atomic E-state index is 12.7. The molecule has 116 valence electrons. The zero-order chi connectivity index (χ0) is 16.5. The Morgan fingerprint density at radius 2 is 1.21 bits per heavy atom. The highest BCUT2D eigenvalue weighted by atomic mass is 16.5. The van der Waals surface area contributed by atoms with Crippen LogP contribution in [0.2, 0.25) is 0 Å². The molecule has 0 bridgehead atoms. The lowest BCUT2D eigenvalue weighted by Crippen LogP contribution is -2.14. The van der Waals surface area contributed by atoms with Gasteiger partial charge in [0.1, 0.15) is 5.75 Å². The van der Waals surface area contributed by atoms with Gasteiger partial charge in [-0.1, -0.05) is 60.7 Å². The maximum absolute atomic E-state index is 12.7. The second-order valence-electron chi connectivity index (χ2n) is 5.75. The number of benzene rings is 3. The molecule has 0 amide bonds. The number of fused-ring (bicyclic) bond motifs is 2. The van der Waals surface area contributed by atoms with E-state index >= 15 is 0 Å². The highest BCUT2D eigenvalue weighted by molar-refractivity contribution is 6.20. The smallest absolute Gasteiger partial charge is 0.194 e. The monoisotopic (exact) mass is 312 g/mol. The van der Waals surface area contributed by atoms with Gasteiger partial charge in [-0.2, -0.15) is 0 Å². The van der Waals surface area contributed by atoms with Gasteiger partial charge < -0.3 is 4.74 Å². The molecule has 0 heterocycles. The van der Waals surface area contributed by atoms with Gasteiger partial charge in [-0.3, -0.25) is 4.79 Å². The number of hydrogen-bond donors (Lipinski definition) is 0. The maximum Gasteiger partial charge on any atom is 0.194 e. The first kappa shape index (κ1) is 14.5. The Kier molecular flexibility index (Phi) is 3.51. The summed E-state index contributed by atoms with van der Waals surface area (Å²) >= 11 is 0. The van der Waals surface area contributed by atoms with E-state index in [-0.39, 0.29) is 5.78 Å². The van der Waals surface area contributed by atoms with Gasteiger partial charge in [0.15, 0.2) is 5.78 Å². The molecule has 0 atom stereocenters. The zero-order valence-electron chi connectivity index (χ0n) is 13.3. The summed E-state index contributed by atoms with van der Waals surface area (Å²) < 4.78 is 5.22. The van der Waals surface area contributed by atoms with Crippen molar-refractivity contribution in [3.63, 3.8) is 0 Å². The largest absolute Gasteiger partial charge is 0.497 e. The Bertz CT molecular complexity index is 898. The number of carbonyl (C=O) groups is 1. The van der Waals surface area contributed by atoms with Gasteiger partial charge in [-0.25, -0.2) is 0 Å². The summed E-state index contributed by atoms with van der Waals surface area (Å²) in [5.74, 6) is 0.921. The van der Waals surface area contributed by atoms with E-state index in [1.54, 1.807) is 7.11 Å². The minimum absolute atomic E-state index is 0.0908. The van der Waals surface area contributed by atoms with Gasteiger partial charge in [0.25, 0.3) is 0 Å². The van der Waals surface area contributed by atoms with Crippen molar-refractivity contribution < 1.29 is 9.53 Å². The third kappa shape index (κ3) is 2.33. The molecule has 0 N–H and O–H groups in total. The molecule has 0 radical (unpaired) electrons. The number of carbonyl (C=O) groups excluding carboxylic acids is 1. The van der Waals surface area contributed by atoms with Gasteiger partial charge in [0, 0.05) is 11.1 Å². The summed E-state index contributed by atoms with van der Waals surface area (Å²) in [5.41, 5.74) is 5.64. The molecule has 0 fully saturated rings. The lowest BCUT2D eigenvalue weighted by Gasteiger charge is -2.21. The molecule has 24 heavy (non-hydrogen) atoms. The molecule has 3 aromatic carbocycles. The summed E-state index contributed by atoms with van der Waals surface area (Å²) in [5, 5.41) is 0. The average molecular weight is 312 g/mol. The molecule has 4 rings (SSSR count). The molecule has 1 aliphatic carbocycles. The van der Waals surface area contributed by atoms with Crippen molar-refractivity contribution in [2.75, 3.05) is 7.11 Å². The second-order valence-corrected chi connectivity index (χ2v) is 5.75. The highest BCUT2D eigenvalue weighted by Gasteiger charge is 2.25. The average Bonchev–Trinajstić information content (AvgIpc) is 2.65. The van der Waals surface area contributed by atoms with Gasteiger partial charge >= 0.3 is 0 Å². The predicted octanol–water partition coefficient (Wildman–Crippen LogP) is 4.83. The summed E-state index contributed by atoms with van der Waals surface area (Å²) in [6.45, 7) is 0. The van der Waals surface area contributed by atoms with Crippen molar-refractivity contribution in [1.29, 1.82) is 0 Å². The van der Waals surface area contributed by atoms with E-state index in [0.717, 1.165) is 39.1 Å². The Balaban J connectivity index is 1.93. The first-order chi connectivity index (χ1) is 11.8. The number of ether oxygens (including phenoxy) is 1. The third-order valence-electron chi connectivity index (χ3n) is 4.35. The van der Waals surface area contributed by atoms with Gasteiger partial charge in [-0.15, -0.1) is 0 Å². The van der Waals surface area contributed by atoms with E-state index in [1.165, 1.54) is 0 Å². The lowest BCUT2D eigenvalue weighted by molar-refractivity contribution is 0.103. The summed E-state index contributed by atoms with van der Waals surface area (Å²) in [6.07, 6.45) is 2.13. The fourth-order valence-corrected chi connectivity index (χ4v) is 3.14. The van der Waals surface area contributed by atoms with Crippen molar-refractivity contribution in [2.24, 2.45) is 0 Å². The van der Waals surface area contributed by atoms with Crippen molar-refractivity contribution in [1.82, 2.24) is 0 Å². The number of ketones is 1.